The lowest BCUT2D eigenvalue weighted by atomic mass is 10.1. The summed E-state index contributed by atoms with van der Waals surface area (Å²) in [7, 11) is 0. The van der Waals surface area contributed by atoms with E-state index in [1.165, 1.54) is 11.3 Å². The molecule has 2 aromatic heterocycles. The van der Waals surface area contributed by atoms with Crippen LogP contribution in [-0.2, 0) is 11.3 Å². The van der Waals surface area contributed by atoms with E-state index in [-0.39, 0.29) is 11.8 Å². The Morgan fingerprint density at radius 1 is 1.50 bits per heavy atom. The number of morpholine rings is 1. The number of hydrogen-bond donors (Lipinski definition) is 0. The Hall–Kier alpha value is -1.50. The van der Waals surface area contributed by atoms with Gasteiger partial charge in [-0.05, 0) is 25.3 Å². The number of nitrogens with zero attached hydrogens (tertiary/aromatic N) is 2. The third-order valence-corrected chi connectivity index (χ3v) is 5.02. The van der Waals surface area contributed by atoms with Crippen molar-refractivity contribution in [3.63, 3.8) is 0 Å². The van der Waals surface area contributed by atoms with Crippen LogP contribution in [0.3, 0.4) is 0 Å². The van der Waals surface area contributed by atoms with Crippen molar-refractivity contribution in [1.82, 2.24) is 10.1 Å². The van der Waals surface area contributed by atoms with Crippen molar-refractivity contribution in [1.29, 1.82) is 0 Å². The Kier molecular flexibility index (Phi) is 4.71. The van der Waals surface area contributed by atoms with Crippen molar-refractivity contribution in [2.45, 2.75) is 32.9 Å². The van der Waals surface area contributed by atoms with Gasteiger partial charge in [0.2, 0.25) is 0 Å². The fourth-order valence-corrected chi connectivity index (χ4v) is 3.44. The summed E-state index contributed by atoms with van der Waals surface area (Å²) in [6.07, 6.45) is 0.490. The average Bonchev–Trinajstić information content (AvgIpc) is 3.14. The molecule has 22 heavy (non-hydrogen) atoms. The minimum absolute atomic E-state index is 0.108. The van der Waals surface area contributed by atoms with Gasteiger partial charge in [-0.2, -0.15) is 0 Å². The molecule has 0 aliphatic carbocycles. The van der Waals surface area contributed by atoms with Crippen molar-refractivity contribution in [3.8, 4) is 0 Å². The monoisotopic (exact) mass is 320 g/mol. The Bertz CT molecular complexity index is 616. The van der Waals surface area contributed by atoms with E-state index in [2.05, 4.69) is 10.1 Å². The lowest BCUT2D eigenvalue weighted by molar-refractivity contribution is -0.0127. The molecule has 0 aromatic carbocycles. The quantitative estimate of drug-likeness (QED) is 0.793. The second kappa shape index (κ2) is 6.73. The molecule has 5 nitrogen and oxygen atoms in total. The van der Waals surface area contributed by atoms with Gasteiger partial charge in [0.05, 0.1) is 23.8 Å². The van der Waals surface area contributed by atoms with Crippen molar-refractivity contribution >= 4 is 17.1 Å². The Morgan fingerprint density at radius 2 is 2.36 bits per heavy atom. The SMILES string of the molecule is Cc1noc(C)c1CN1CCOC[C@H]1CC(=O)c1cccs1. The molecule has 118 valence electrons. The summed E-state index contributed by atoms with van der Waals surface area (Å²) in [4.78, 5) is 15.5. The molecule has 1 saturated heterocycles. The van der Waals surface area contributed by atoms with Crippen LogP contribution < -0.4 is 0 Å². The maximum Gasteiger partial charge on any atom is 0.174 e. The Balaban J connectivity index is 1.70. The smallest absolute Gasteiger partial charge is 0.174 e. The molecule has 6 heteroatoms. The lowest BCUT2D eigenvalue weighted by Gasteiger charge is -2.35. The van der Waals surface area contributed by atoms with Gasteiger partial charge in [0.15, 0.2) is 5.78 Å². The minimum atomic E-state index is 0.108. The standard InChI is InChI=1S/C16H20N2O3S/c1-11-14(12(2)21-17-11)9-18-5-6-20-10-13(18)8-15(19)16-4-3-7-22-16/h3-4,7,13H,5-6,8-10H2,1-2H3/t13-/m1/s1. The second-order valence-electron chi connectivity index (χ2n) is 5.61. The third-order valence-electron chi connectivity index (χ3n) is 4.11. The molecule has 0 bridgehead atoms. The molecule has 0 saturated carbocycles. The van der Waals surface area contributed by atoms with Crippen LogP contribution in [0.25, 0.3) is 0 Å². The maximum atomic E-state index is 12.4. The van der Waals surface area contributed by atoms with Crippen LogP contribution in [0.2, 0.25) is 0 Å². The summed E-state index contributed by atoms with van der Waals surface area (Å²) < 4.78 is 10.8. The zero-order valence-corrected chi connectivity index (χ0v) is 13.7. The van der Waals surface area contributed by atoms with E-state index < -0.39 is 0 Å². The summed E-state index contributed by atoms with van der Waals surface area (Å²) in [5, 5.41) is 5.95. The highest BCUT2D eigenvalue weighted by molar-refractivity contribution is 7.12. The van der Waals surface area contributed by atoms with Crippen molar-refractivity contribution in [2.24, 2.45) is 0 Å². The van der Waals surface area contributed by atoms with Crippen molar-refractivity contribution in [3.05, 3.63) is 39.4 Å². The zero-order valence-electron chi connectivity index (χ0n) is 12.9. The van der Waals surface area contributed by atoms with E-state index in [4.69, 9.17) is 9.26 Å². The van der Waals surface area contributed by atoms with Gasteiger partial charge in [-0.15, -0.1) is 11.3 Å². The first-order valence-corrected chi connectivity index (χ1v) is 8.33. The molecule has 0 spiro atoms. The number of aryl methyl sites for hydroxylation is 2. The molecule has 1 aliphatic heterocycles. The highest BCUT2D eigenvalue weighted by Gasteiger charge is 2.27. The van der Waals surface area contributed by atoms with Crippen LogP contribution in [0, 0.1) is 13.8 Å². The van der Waals surface area contributed by atoms with Gasteiger partial charge in [-0.3, -0.25) is 9.69 Å². The first kappa shape index (κ1) is 15.4. The molecular formula is C16H20N2O3S. The van der Waals surface area contributed by atoms with E-state index in [0.29, 0.717) is 19.6 Å². The maximum absolute atomic E-state index is 12.4. The summed E-state index contributed by atoms with van der Waals surface area (Å²) >= 11 is 1.50. The number of carbonyl (C=O) groups is 1. The predicted octanol–water partition coefficient (Wildman–Crippen LogP) is 2.83. The molecule has 3 rings (SSSR count). The third kappa shape index (κ3) is 3.29. The van der Waals surface area contributed by atoms with Gasteiger partial charge in [-0.25, -0.2) is 0 Å². The molecule has 2 aromatic rings. The number of thiophene rings is 1. The van der Waals surface area contributed by atoms with Crippen LogP contribution in [0.1, 0.15) is 33.1 Å². The van der Waals surface area contributed by atoms with Crippen LogP contribution in [0.4, 0.5) is 0 Å². The van der Waals surface area contributed by atoms with Crippen LogP contribution in [-0.4, -0.2) is 41.6 Å². The van der Waals surface area contributed by atoms with Gasteiger partial charge >= 0.3 is 0 Å². The highest BCUT2D eigenvalue weighted by Crippen LogP contribution is 2.21. The minimum Gasteiger partial charge on any atom is -0.378 e. The topological polar surface area (TPSA) is 55.6 Å². The number of ether oxygens (including phenoxy) is 1. The fourth-order valence-electron chi connectivity index (χ4n) is 2.77. The van der Waals surface area contributed by atoms with Gasteiger partial charge in [0.1, 0.15) is 5.76 Å². The molecule has 1 fully saturated rings. The number of carbonyl (C=O) groups excluding carboxylic acids is 1. The summed E-state index contributed by atoms with van der Waals surface area (Å²) in [6, 6.07) is 3.91. The van der Waals surface area contributed by atoms with E-state index in [9.17, 15) is 4.79 Å². The van der Waals surface area contributed by atoms with Gasteiger partial charge in [-0.1, -0.05) is 11.2 Å². The van der Waals surface area contributed by atoms with Crippen molar-refractivity contribution in [2.75, 3.05) is 19.8 Å². The van der Waals surface area contributed by atoms with E-state index in [1.54, 1.807) is 0 Å². The molecule has 1 atom stereocenters. The van der Waals surface area contributed by atoms with Gasteiger partial charge < -0.3 is 9.26 Å². The molecule has 0 radical (unpaired) electrons. The predicted molar refractivity (Wildman–Crippen MR) is 84.3 cm³/mol. The highest BCUT2D eigenvalue weighted by atomic mass is 32.1. The largest absolute Gasteiger partial charge is 0.378 e. The number of ketones is 1. The molecule has 0 N–H and O–H groups in total. The molecule has 0 unspecified atom stereocenters. The Morgan fingerprint density at radius 3 is 3.05 bits per heavy atom. The number of rotatable bonds is 5. The molecular weight excluding hydrogens is 300 g/mol. The van der Waals surface area contributed by atoms with Crippen LogP contribution in [0.15, 0.2) is 22.0 Å². The number of aromatic nitrogens is 1. The summed E-state index contributed by atoms with van der Waals surface area (Å²) in [5.74, 6) is 1.04. The van der Waals surface area contributed by atoms with E-state index in [1.807, 2.05) is 31.4 Å². The number of hydrogen-bond acceptors (Lipinski definition) is 6. The molecule has 3 heterocycles. The first-order chi connectivity index (χ1) is 10.6. The second-order valence-corrected chi connectivity index (χ2v) is 6.55. The Labute approximate surface area is 133 Å². The molecule has 0 amide bonds. The molecule has 1 aliphatic rings. The van der Waals surface area contributed by atoms with Gasteiger partial charge in [0.25, 0.3) is 0 Å². The van der Waals surface area contributed by atoms with Gasteiger partial charge in [0, 0.05) is 31.1 Å². The average molecular weight is 320 g/mol. The van der Waals surface area contributed by atoms with Crippen LogP contribution >= 0.6 is 11.3 Å². The van der Waals surface area contributed by atoms with E-state index in [0.717, 1.165) is 35.0 Å². The van der Waals surface area contributed by atoms with Crippen LogP contribution in [0.5, 0.6) is 0 Å². The lowest BCUT2D eigenvalue weighted by Crippen LogP contribution is -2.46. The van der Waals surface area contributed by atoms with Crippen molar-refractivity contribution < 1.29 is 14.1 Å². The first-order valence-electron chi connectivity index (χ1n) is 7.45. The number of Topliss-reactive ketones (excluding diaryl/α,β-unsaturated/α-hetero) is 1. The fraction of sp³-hybridized carbons (Fsp3) is 0.500. The van der Waals surface area contributed by atoms with E-state index >= 15 is 0 Å². The zero-order chi connectivity index (χ0) is 15.5. The summed E-state index contributed by atoms with van der Waals surface area (Å²) in [5.41, 5.74) is 2.04. The normalized spacial score (nSPS) is 19.5. The summed E-state index contributed by atoms with van der Waals surface area (Å²) in [6.45, 7) is 6.77.